The second-order valence-electron chi connectivity index (χ2n) is 7.59. The maximum atomic E-state index is 12.8. The van der Waals surface area contributed by atoms with Crippen molar-refractivity contribution in [3.63, 3.8) is 0 Å². The molecule has 0 aliphatic heterocycles. The van der Waals surface area contributed by atoms with Gasteiger partial charge in [0.15, 0.2) is 0 Å². The summed E-state index contributed by atoms with van der Waals surface area (Å²) in [5, 5.41) is 11.3. The molecule has 0 saturated heterocycles. The predicted octanol–water partition coefficient (Wildman–Crippen LogP) is 5.19. The minimum absolute atomic E-state index is 0.259. The monoisotopic (exact) mass is 437 g/mol. The van der Waals surface area contributed by atoms with Crippen molar-refractivity contribution in [1.29, 1.82) is 0 Å². The highest BCUT2D eigenvalue weighted by molar-refractivity contribution is 6.30. The predicted molar refractivity (Wildman–Crippen MR) is 127 cm³/mol. The number of carbonyl (C=O) groups excluding carboxylic acids is 1. The normalized spacial score (nSPS) is 11.5. The summed E-state index contributed by atoms with van der Waals surface area (Å²) in [6.07, 6.45) is 0. The van der Waals surface area contributed by atoms with Crippen LogP contribution in [0.4, 0.5) is 5.69 Å². The lowest BCUT2D eigenvalue weighted by Crippen LogP contribution is -2.36. The van der Waals surface area contributed by atoms with Crippen LogP contribution in [0.15, 0.2) is 47.5 Å². The third kappa shape index (κ3) is 5.73. The molecule has 3 rings (SSSR count). The summed E-state index contributed by atoms with van der Waals surface area (Å²) in [6.45, 7) is 11.4. The van der Waals surface area contributed by atoms with E-state index in [2.05, 4.69) is 28.7 Å². The number of carbonyl (C=O) groups is 1. The highest BCUT2D eigenvalue weighted by Crippen LogP contribution is 2.16. The molecule has 0 aliphatic rings. The van der Waals surface area contributed by atoms with Crippen molar-refractivity contribution >= 4 is 29.2 Å². The average molecular weight is 438 g/mol. The van der Waals surface area contributed by atoms with E-state index in [-0.39, 0.29) is 5.91 Å². The zero-order valence-corrected chi connectivity index (χ0v) is 19.3. The van der Waals surface area contributed by atoms with Gasteiger partial charge in [-0.15, -0.1) is 0 Å². The van der Waals surface area contributed by atoms with Gasteiger partial charge in [-0.2, -0.15) is 5.10 Å². The number of benzene rings is 2. The molecule has 0 atom stereocenters. The third-order valence-electron chi connectivity index (χ3n) is 5.05. The van der Waals surface area contributed by atoms with E-state index in [4.69, 9.17) is 16.6 Å². The van der Waals surface area contributed by atoms with E-state index < -0.39 is 0 Å². The van der Waals surface area contributed by atoms with Crippen molar-refractivity contribution in [1.82, 2.24) is 15.1 Å². The Kier molecular flexibility index (Phi) is 7.13. The highest BCUT2D eigenvalue weighted by atomic mass is 35.5. The van der Waals surface area contributed by atoms with Crippen LogP contribution in [0.2, 0.25) is 5.02 Å². The summed E-state index contributed by atoms with van der Waals surface area (Å²) >= 11 is 5.94. The summed E-state index contributed by atoms with van der Waals surface area (Å²) in [7, 11) is 0. The number of aryl methyl sites for hydroxylation is 4. The second kappa shape index (κ2) is 9.79. The summed E-state index contributed by atoms with van der Waals surface area (Å²) in [6, 6.07) is 12.9. The van der Waals surface area contributed by atoms with E-state index in [1.165, 1.54) is 0 Å². The Labute approximate surface area is 188 Å². The maximum absolute atomic E-state index is 12.8. The Hall–Kier alpha value is -3.12. The van der Waals surface area contributed by atoms with Gasteiger partial charge in [-0.1, -0.05) is 17.7 Å². The molecule has 162 valence electrons. The molecular formula is C24H28ClN5O. The van der Waals surface area contributed by atoms with E-state index in [9.17, 15) is 4.79 Å². The Morgan fingerprint density at radius 1 is 1.06 bits per heavy atom. The lowest BCUT2D eigenvalue weighted by Gasteiger charge is -2.13. The first-order valence-corrected chi connectivity index (χ1v) is 10.6. The highest BCUT2D eigenvalue weighted by Gasteiger charge is 2.13. The molecule has 0 unspecified atom stereocenters. The summed E-state index contributed by atoms with van der Waals surface area (Å²) in [5.74, 6) is 0.123. The molecule has 1 aromatic heterocycles. The van der Waals surface area contributed by atoms with Gasteiger partial charge in [0.1, 0.15) is 0 Å². The summed E-state index contributed by atoms with van der Waals surface area (Å²) in [5.41, 5.74) is 6.71. The Morgan fingerprint density at radius 2 is 1.71 bits per heavy atom. The van der Waals surface area contributed by atoms with Crippen molar-refractivity contribution in [3.8, 4) is 0 Å². The van der Waals surface area contributed by atoms with Crippen molar-refractivity contribution in [2.75, 3.05) is 5.32 Å². The minimum atomic E-state index is -0.259. The van der Waals surface area contributed by atoms with Gasteiger partial charge in [0.2, 0.25) is 5.96 Å². The SMILES string of the molecule is CCn1nc(C)c(CN=C(NC(=O)c2ccc(Cl)cc2)Nc2cc(C)cc(C)c2)c1C. The number of aromatic nitrogens is 2. The standard InChI is InChI=1S/C24H28ClN5O/c1-6-30-18(5)22(17(4)29-30)14-26-24(27-21-12-15(2)11-16(3)13-21)28-23(31)19-7-9-20(25)10-8-19/h7-13H,6,14H2,1-5H3,(H2,26,27,28,31). The molecule has 0 spiro atoms. The number of nitrogens with zero attached hydrogens (tertiary/aromatic N) is 3. The number of halogens is 1. The molecule has 0 radical (unpaired) electrons. The lowest BCUT2D eigenvalue weighted by molar-refractivity contribution is 0.0977. The van der Waals surface area contributed by atoms with Gasteiger partial charge in [0.05, 0.1) is 12.2 Å². The molecule has 6 nitrogen and oxygen atoms in total. The Morgan fingerprint density at radius 3 is 2.29 bits per heavy atom. The Bertz CT molecular complexity index is 1100. The van der Waals surface area contributed by atoms with Crippen molar-refractivity contribution in [2.45, 2.75) is 47.7 Å². The lowest BCUT2D eigenvalue weighted by atomic mass is 10.1. The van der Waals surface area contributed by atoms with Gasteiger partial charge in [-0.3, -0.25) is 14.8 Å². The zero-order valence-electron chi connectivity index (χ0n) is 18.6. The summed E-state index contributed by atoms with van der Waals surface area (Å²) < 4.78 is 1.96. The number of amides is 1. The fourth-order valence-electron chi connectivity index (χ4n) is 3.50. The topological polar surface area (TPSA) is 71.3 Å². The van der Waals surface area contributed by atoms with Gasteiger partial charge < -0.3 is 5.32 Å². The quantitative estimate of drug-likeness (QED) is 0.426. The van der Waals surface area contributed by atoms with Crippen LogP contribution in [0, 0.1) is 27.7 Å². The fraction of sp³-hybridized carbons (Fsp3) is 0.292. The number of aliphatic imine (C=N–C) groups is 1. The van der Waals surface area contributed by atoms with Gasteiger partial charge >= 0.3 is 0 Å². The van der Waals surface area contributed by atoms with Crippen molar-refractivity contribution in [3.05, 3.63) is 81.1 Å². The molecule has 7 heteroatoms. The van der Waals surface area contributed by atoms with Gasteiger partial charge in [-0.25, -0.2) is 4.99 Å². The van der Waals surface area contributed by atoms with Gasteiger partial charge in [0.25, 0.3) is 5.91 Å². The van der Waals surface area contributed by atoms with Crippen molar-refractivity contribution in [2.24, 2.45) is 4.99 Å². The van der Waals surface area contributed by atoms with E-state index in [0.29, 0.717) is 23.1 Å². The molecule has 0 saturated carbocycles. The van der Waals surface area contributed by atoms with Crippen LogP contribution in [0.3, 0.4) is 0 Å². The first-order chi connectivity index (χ1) is 14.8. The maximum Gasteiger partial charge on any atom is 0.257 e. The number of guanidine groups is 1. The second-order valence-corrected chi connectivity index (χ2v) is 8.03. The largest absolute Gasteiger partial charge is 0.326 e. The van der Waals surface area contributed by atoms with E-state index in [1.54, 1.807) is 24.3 Å². The average Bonchev–Trinajstić information content (AvgIpc) is 2.98. The van der Waals surface area contributed by atoms with Crippen molar-refractivity contribution < 1.29 is 4.79 Å². The molecule has 1 heterocycles. The molecular weight excluding hydrogens is 410 g/mol. The molecule has 31 heavy (non-hydrogen) atoms. The first-order valence-electron chi connectivity index (χ1n) is 10.3. The fourth-order valence-corrected chi connectivity index (χ4v) is 3.63. The van der Waals surface area contributed by atoms with Crippen LogP contribution in [0.25, 0.3) is 0 Å². The first kappa shape index (κ1) is 22.6. The van der Waals surface area contributed by atoms with E-state index >= 15 is 0 Å². The van der Waals surface area contributed by atoms with E-state index in [1.807, 2.05) is 44.5 Å². The molecule has 0 bridgehead atoms. The molecule has 0 fully saturated rings. The number of hydrogen-bond donors (Lipinski definition) is 2. The van der Waals surface area contributed by atoms with Gasteiger partial charge in [0, 0.05) is 34.1 Å². The van der Waals surface area contributed by atoms with Crippen LogP contribution in [0.5, 0.6) is 0 Å². The van der Waals surface area contributed by atoms with Crippen LogP contribution in [0.1, 0.15) is 45.4 Å². The van der Waals surface area contributed by atoms with Crippen LogP contribution >= 0.6 is 11.6 Å². The molecule has 1 amide bonds. The minimum Gasteiger partial charge on any atom is -0.326 e. The van der Waals surface area contributed by atoms with Crippen LogP contribution in [-0.4, -0.2) is 21.6 Å². The number of nitrogens with one attached hydrogen (secondary N) is 2. The van der Waals surface area contributed by atoms with Gasteiger partial charge in [-0.05, 0) is 82.1 Å². The zero-order chi connectivity index (χ0) is 22.5. The van der Waals surface area contributed by atoms with E-state index in [0.717, 1.165) is 40.3 Å². The third-order valence-corrected chi connectivity index (χ3v) is 5.30. The van der Waals surface area contributed by atoms with Crippen LogP contribution < -0.4 is 10.6 Å². The smallest absolute Gasteiger partial charge is 0.257 e. The molecule has 2 N–H and O–H groups in total. The Balaban J connectivity index is 1.89. The van der Waals surface area contributed by atoms with Crippen LogP contribution in [-0.2, 0) is 13.1 Å². The number of anilines is 1. The number of rotatable bonds is 5. The molecule has 2 aromatic carbocycles. The molecule has 0 aliphatic carbocycles. The number of hydrogen-bond acceptors (Lipinski definition) is 3. The molecule has 3 aromatic rings. The summed E-state index contributed by atoms with van der Waals surface area (Å²) in [4.78, 5) is 17.5.